The van der Waals surface area contributed by atoms with Gasteiger partial charge in [-0.15, -0.1) is 0 Å². The van der Waals surface area contributed by atoms with Crippen molar-refractivity contribution in [2.24, 2.45) is 0 Å². The summed E-state index contributed by atoms with van der Waals surface area (Å²) in [5.41, 5.74) is 0. The lowest BCUT2D eigenvalue weighted by molar-refractivity contribution is -0.166. The third-order valence-electron chi connectivity index (χ3n) is 10.3. The number of hydrogen-bond donors (Lipinski definition) is 0. The van der Waals surface area contributed by atoms with E-state index in [0.717, 1.165) is 109 Å². The average Bonchev–Trinajstić information content (AvgIpc) is 3.28. The monoisotopic (exact) mass is 873 g/mol. The summed E-state index contributed by atoms with van der Waals surface area (Å²) >= 11 is 0. The Bertz CT molecular complexity index is 1330. The summed E-state index contributed by atoms with van der Waals surface area (Å²) < 4.78 is 16.7. The van der Waals surface area contributed by atoms with Gasteiger partial charge in [0.25, 0.3) is 0 Å². The second kappa shape index (κ2) is 50.7. The maximum Gasteiger partial charge on any atom is 0.306 e. The fourth-order valence-corrected chi connectivity index (χ4v) is 6.54. The lowest BCUT2D eigenvalue weighted by Gasteiger charge is -2.18. The zero-order chi connectivity index (χ0) is 45.8. The molecule has 0 amide bonds. The van der Waals surface area contributed by atoms with E-state index in [9.17, 15) is 14.4 Å². The first-order valence-electron chi connectivity index (χ1n) is 25.4. The molecule has 0 aromatic carbocycles. The van der Waals surface area contributed by atoms with Gasteiger partial charge in [-0.1, -0.05) is 207 Å². The Morgan fingerprint density at radius 3 is 1.24 bits per heavy atom. The minimum atomic E-state index is -0.822. The van der Waals surface area contributed by atoms with Gasteiger partial charge in [0.1, 0.15) is 13.2 Å². The van der Waals surface area contributed by atoms with Crippen molar-refractivity contribution in [3.05, 3.63) is 109 Å². The van der Waals surface area contributed by atoms with Crippen LogP contribution in [-0.4, -0.2) is 37.2 Å². The van der Waals surface area contributed by atoms with Crippen LogP contribution in [0.25, 0.3) is 0 Å². The van der Waals surface area contributed by atoms with Gasteiger partial charge in [0.15, 0.2) is 6.10 Å². The van der Waals surface area contributed by atoms with E-state index < -0.39 is 6.10 Å². The molecular formula is C57H92O6. The fourth-order valence-electron chi connectivity index (χ4n) is 6.54. The summed E-state index contributed by atoms with van der Waals surface area (Å²) in [6.45, 7) is 6.28. The molecule has 0 aromatic rings. The minimum Gasteiger partial charge on any atom is -0.462 e. The lowest BCUT2D eigenvalue weighted by Crippen LogP contribution is -2.30. The van der Waals surface area contributed by atoms with Crippen LogP contribution in [0.2, 0.25) is 0 Å². The van der Waals surface area contributed by atoms with Gasteiger partial charge in [0, 0.05) is 19.3 Å². The highest BCUT2D eigenvalue weighted by Crippen LogP contribution is 2.13. The standard InChI is InChI=1S/C57H92O6/c1-4-7-10-13-16-19-22-25-27-29-32-35-38-41-44-47-50-56(59)62-53-54(52-61-55(58)49-46-43-40-37-34-31-24-21-18-15-12-9-6-3)63-57(60)51-48-45-42-39-36-33-30-28-26-23-20-17-14-11-8-5-2/h7,9-10,12,15-16,18-19,21,24-25,27-28,30,32,35,41,44,54H,4-6,8,11,13-14,17,20,22-23,26,29,31,33-34,36-40,42-43,45-53H2,1-3H3/b10-7+,12-9+,18-15+,19-16+,24-21+,27-25+,30-28+,35-32+,44-41+. The second-order valence-electron chi connectivity index (χ2n) is 16.4. The van der Waals surface area contributed by atoms with Crippen LogP contribution in [0.1, 0.15) is 213 Å². The first-order chi connectivity index (χ1) is 31.0. The Balaban J connectivity index is 4.54. The molecule has 0 heterocycles. The van der Waals surface area contributed by atoms with Gasteiger partial charge in [0.2, 0.25) is 0 Å². The highest BCUT2D eigenvalue weighted by atomic mass is 16.6. The lowest BCUT2D eigenvalue weighted by atomic mass is 10.1. The van der Waals surface area contributed by atoms with E-state index in [1.54, 1.807) is 0 Å². The van der Waals surface area contributed by atoms with Gasteiger partial charge in [-0.25, -0.2) is 0 Å². The van der Waals surface area contributed by atoms with Crippen LogP contribution >= 0.6 is 0 Å². The molecule has 0 saturated carbocycles. The van der Waals surface area contributed by atoms with Crippen molar-refractivity contribution >= 4 is 17.9 Å². The molecular weight excluding hydrogens is 781 g/mol. The van der Waals surface area contributed by atoms with Gasteiger partial charge < -0.3 is 14.2 Å². The van der Waals surface area contributed by atoms with Crippen LogP contribution in [0.3, 0.4) is 0 Å². The fraction of sp³-hybridized carbons (Fsp3) is 0.632. The van der Waals surface area contributed by atoms with Crippen molar-refractivity contribution in [3.8, 4) is 0 Å². The zero-order valence-corrected chi connectivity index (χ0v) is 40.5. The van der Waals surface area contributed by atoms with Crippen LogP contribution in [-0.2, 0) is 28.6 Å². The van der Waals surface area contributed by atoms with Crippen molar-refractivity contribution in [3.63, 3.8) is 0 Å². The summed E-state index contributed by atoms with van der Waals surface area (Å²) in [7, 11) is 0. The Morgan fingerprint density at radius 2 is 0.730 bits per heavy atom. The van der Waals surface area contributed by atoms with Crippen molar-refractivity contribution in [2.45, 2.75) is 219 Å². The number of ether oxygens (including phenoxy) is 3. The van der Waals surface area contributed by atoms with Crippen LogP contribution in [0.4, 0.5) is 0 Å². The summed E-state index contributed by atoms with van der Waals surface area (Å²) in [6, 6.07) is 0. The van der Waals surface area contributed by atoms with E-state index in [1.165, 1.54) is 57.8 Å². The highest BCUT2D eigenvalue weighted by Gasteiger charge is 2.19. The minimum absolute atomic E-state index is 0.117. The molecule has 1 atom stereocenters. The molecule has 0 spiro atoms. The van der Waals surface area contributed by atoms with E-state index in [-0.39, 0.29) is 37.5 Å². The van der Waals surface area contributed by atoms with E-state index in [0.29, 0.717) is 19.3 Å². The van der Waals surface area contributed by atoms with E-state index in [1.807, 2.05) is 18.2 Å². The number of carbonyl (C=O) groups excluding carboxylic acids is 3. The number of unbranched alkanes of at least 4 members (excludes halogenated alkanes) is 17. The van der Waals surface area contributed by atoms with E-state index >= 15 is 0 Å². The summed E-state index contributed by atoms with van der Waals surface area (Å²) in [5.74, 6) is -1.04. The van der Waals surface area contributed by atoms with Gasteiger partial charge in [-0.2, -0.15) is 0 Å². The zero-order valence-electron chi connectivity index (χ0n) is 40.5. The van der Waals surface area contributed by atoms with E-state index in [2.05, 4.69) is 112 Å². The maximum atomic E-state index is 12.8. The van der Waals surface area contributed by atoms with Crippen LogP contribution in [0.5, 0.6) is 0 Å². The van der Waals surface area contributed by atoms with Crippen molar-refractivity contribution in [1.29, 1.82) is 0 Å². The van der Waals surface area contributed by atoms with Gasteiger partial charge >= 0.3 is 17.9 Å². The maximum absolute atomic E-state index is 12.8. The highest BCUT2D eigenvalue weighted by molar-refractivity contribution is 5.71. The molecule has 0 aromatic heterocycles. The Kier molecular flexibility index (Phi) is 47.5. The van der Waals surface area contributed by atoms with Crippen LogP contribution < -0.4 is 0 Å². The summed E-state index contributed by atoms with van der Waals surface area (Å²) in [5, 5.41) is 0. The molecule has 0 radical (unpaired) electrons. The van der Waals surface area contributed by atoms with Gasteiger partial charge in [-0.05, 0) is 96.3 Å². The molecule has 0 aliphatic rings. The Morgan fingerprint density at radius 1 is 0.349 bits per heavy atom. The molecule has 0 rings (SSSR count). The molecule has 0 N–H and O–H groups in total. The summed E-state index contributed by atoms with van der Waals surface area (Å²) in [4.78, 5) is 37.9. The predicted octanol–water partition coefficient (Wildman–Crippen LogP) is 16.8. The Hall–Kier alpha value is -3.93. The van der Waals surface area contributed by atoms with Gasteiger partial charge in [-0.3, -0.25) is 14.4 Å². The number of allylic oxidation sites excluding steroid dienone is 18. The average molecular weight is 873 g/mol. The first-order valence-corrected chi connectivity index (χ1v) is 25.4. The molecule has 1 unspecified atom stereocenters. The van der Waals surface area contributed by atoms with Crippen molar-refractivity contribution in [2.75, 3.05) is 13.2 Å². The van der Waals surface area contributed by atoms with Crippen LogP contribution in [0, 0.1) is 0 Å². The molecule has 0 aliphatic heterocycles. The number of rotatable bonds is 44. The molecule has 6 nitrogen and oxygen atoms in total. The van der Waals surface area contributed by atoms with Crippen molar-refractivity contribution in [1.82, 2.24) is 0 Å². The molecule has 0 bridgehead atoms. The Labute approximate surface area is 387 Å². The first kappa shape index (κ1) is 59.1. The van der Waals surface area contributed by atoms with Gasteiger partial charge in [0.05, 0.1) is 0 Å². The molecule has 356 valence electrons. The molecule has 0 aliphatic carbocycles. The number of esters is 3. The van der Waals surface area contributed by atoms with Crippen molar-refractivity contribution < 1.29 is 28.6 Å². The topological polar surface area (TPSA) is 78.9 Å². The third kappa shape index (κ3) is 49.0. The molecule has 6 heteroatoms. The second-order valence-corrected chi connectivity index (χ2v) is 16.4. The molecule has 0 fully saturated rings. The van der Waals surface area contributed by atoms with E-state index in [4.69, 9.17) is 14.2 Å². The van der Waals surface area contributed by atoms with Crippen LogP contribution in [0.15, 0.2) is 109 Å². The summed E-state index contributed by atoms with van der Waals surface area (Å²) in [6.07, 6.45) is 68.0. The largest absolute Gasteiger partial charge is 0.462 e. The predicted molar refractivity (Wildman–Crippen MR) is 270 cm³/mol. The smallest absolute Gasteiger partial charge is 0.306 e. The normalized spacial score (nSPS) is 13.0. The molecule has 0 saturated heterocycles. The SMILES string of the molecule is CC/C=C/C=C/C=C/CCCCCCCC(=O)OCC(COC(=O)CC/C=C/C/C=C/C/C=C/C/C=C/C/C=C/CC)OC(=O)CCCCCCC/C=C/CCCCCCCCC. The number of hydrogen-bond acceptors (Lipinski definition) is 6. The third-order valence-corrected chi connectivity index (χ3v) is 10.3. The number of carbonyl (C=O) groups is 3. The quantitative estimate of drug-likeness (QED) is 0.0199. The molecule has 63 heavy (non-hydrogen) atoms.